The molecule has 0 aromatic rings. The van der Waals surface area contributed by atoms with Gasteiger partial charge in [0.15, 0.2) is 0 Å². The van der Waals surface area contributed by atoms with Crippen LogP contribution in [-0.2, 0) is 9.53 Å². The molecule has 1 aliphatic heterocycles. The van der Waals surface area contributed by atoms with Crippen LogP contribution in [0.5, 0.6) is 0 Å². The van der Waals surface area contributed by atoms with Gasteiger partial charge in [-0.25, -0.2) is 0 Å². The van der Waals surface area contributed by atoms with Crippen LogP contribution in [0.25, 0.3) is 0 Å². The lowest BCUT2D eigenvalue weighted by atomic mass is 9.68. The Morgan fingerprint density at radius 2 is 1.75 bits per heavy atom. The first-order valence-electron chi connectivity index (χ1n) is 6.53. The molecule has 2 fully saturated rings. The summed E-state index contributed by atoms with van der Waals surface area (Å²) in [6.45, 7) is 2.64. The zero-order valence-corrected chi connectivity index (χ0v) is 10.3. The van der Waals surface area contributed by atoms with Gasteiger partial charge in [0.2, 0.25) is 0 Å². The van der Waals surface area contributed by atoms with Crippen molar-refractivity contribution in [2.24, 2.45) is 5.41 Å². The minimum atomic E-state index is -0.0976. The maximum absolute atomic E-state index is 11.2. The van der Waals surface area contributed by atoms with E-state index in [0.717, 1.165) is 13.1 Å². The molecule has 0 aromatic carbocycles. The van der Waals surface area contributed by atoms with Gasteiger partial charge in [-0.2, -0.15) is 0 Å². The van der Waals surface area contributed by atoms with Crippen molar-refractivity contribution in [3.05, 3.63) is 0 Å². The van der Waals surface area contributed by atoms with Gasteiger partial charge in [0.05, 0.1) is 13.7 Å². The number of nitrogens with zero attached hydrogens (tertiary/aromatic N) is 1. The van der Waals surface area contributed by atoms with Crippen LogP contribution in [-0.4, -0.2) is 37.6 Å². The lowest BCUT2D eigenvalue weighted by Gasteiger charge is -2.44. The van der Waals surface area contributed by atoms with Crippen molar-refractivity contribution in [3.8, 4) is 0 Å². The van der Waals surface area contributed by atoms with Crippen LogP contribution >= 0.6 is 0 Å². The van der Waals surface area contributed by atoms with Crippen LogP contribution in [0.1, 0.15) is 44.9 Å². The molecule has 0 radical (unpaired) electrons. The molecule has 0 amide bonds. The summed E-state index contributed by atoms with van der Waals surface area (Å²) in [7, 11) is 1.47. The molecule has 0 atom stereocenters. The van der Waals surface area contributed by atoms with Crippen LogP contribution in [0.15, 0.2) is 0 Å². The number of rotatable bonds is 2. The molecule has 0 N–H and O–H groups in total. The summed E-state index contributed by atoms with van der Waals surface area (Å²) < 4.78 is 4.71. The minimum absolute atomic E-state index is 0.0976. The van der Waals surface area contributed by atoms with Gasteiger partial charge >= 0.3 is 5.97 Å². The molecular weight excluding hydrogens is 202 g/mol. The highest BCUT2D eigenvalue weighted by molar-refractivity contribution is 5.71. The predicted molar refractivity (Wildman–Crippen MR) is 63.2 cm³/mol. The summed E-state index contributed by atoms with van der Waals surface area (Å²) in [6.07, 6.45) is 9.65. The molecule has 1 spiro atoms. The number of piperidine rings is 1. The molecule has 1 saturated heterocycles. The van der Waals surface area contributed by atoms with Crippen LogP contribution in [0, 0.1) is 5.41 Å². The highest BCUT2D eigenvalue weighted by Gasteiger charge is 2.35. The molecular formula is C13H23NO2. The third-order valence-electron chi connectivity index (χ3n) is 4.41. The Kier molecular flexibility index (Phi) is 3.85. The van der Waals surface area contributed by atoms with Crippen molar-refractivity contribution >= 4 is 5.97 Å². The largest absolute Gasteiger partial charge is 0.468 e. The van der Waals surface area contributed by atoms with E-state index in [2.05, 4.69) is 4.90 Å². The number of carbonyl (C=O) groups is 1. The number of esters is 1. The van der Waals surface area contributed by atoms with Crippen molar-refractivity contribution in [2.45, 2.75) is 44.9 Å². The van der Waals surface area contributed by atoms with Gasteiger partial charge in [-0.15, -0.1) is 0 Å². The number of likely N-dealkylation sites (tertiary alicyclic amines) is 1. The Hall–Kier alpha value is -0.570. The topological polar surface area (TPSA) is 29.5 Å². The highest BCUT2D eigenvalue weighted by Crippen LogP contribution is 2.44. The molecule has 1 saturated carbocycles. The van der Waals surface area contributed by atoms with Gasteiger partial charge in [0.25, 0.3) is 0 Å². The van der Waals surface area contributed by atoms with Crippen molar-refractivity contribution in [3.63, 3.8) is 0 Å². The smallest absolute Gasteiger partial charge is 0.319 e. The average molecular weight is 225 g/mol. The molecule has 1 heterocycles. The van der Waals surface area contributed by atoms with Crippen molar-refractivity contribution < 1.29 is 9.53 Å². The molecule has 2 rings (SSSR count). The van der Waals surface area contributed by atoms with E-state index in [-0.39, 0.29) is 5.97 Å². The fourth-order valence-corrected chi connectivity index (χ4v) is 3.23. The van der Waals surface area contributed by atoms with Crippen molar-refractivity contribution in [1.82, 2.24) is 4.90 Å². The maximum atomic E-state index is 11.2. The van der Waals surface area contributed by atoms with E-state index >= 15 is 0 Å². The molecule has 0 aromatic heterocycles. The summed E-state index contributed by atoms with van der Waals surface area (Å²) in [4.78, 5) is 13.4. The SMILES string of the molecule is COC(=O)CN1CCC2(CCCCC2)CC1. The number of hydrogen-bond acceptors (Lipinski definition) is 3. The monoisotopic (exact) mass is 225 g/mol. The Balaban J connectivity index is 1.79. The van der Waals surface area contributed by atoms with Crippen molar-refractivity contribution in [2.75, 3.05) is 26.7 Å². The summed E-state index contributed by atoms with van der Waals surface area (Å²) in [5.41, 5.74) is 0.630. The van der Waals surface area contributed by atoms with Gasteiger partial charge in [-0.3, -0.25) is 9.69 Å². The van der Waals surface area contributed by atoms with E-state index < -0.39 is 0 Å². The third kappa shape index (κ3) is 2.76. The second kappa shape index (κ2) is 5.17. The Bertz CT molecular complexity index is 236. The number of methoxy groups -OCH3 is 1. The van der Waals surface area contributed by atoms with Gasteiger partial charge < -0.3 is 4.74 Å². The van der Waals surface area contributed by atoms with E-state index in [1.54, 1.807) is 0 Å². The minimum Gasteiger partial charge on any atom is -0.468 e. The quantitative estimate of drug-likeness (QED) is 0.675. The maximum Gasteiger partial charge on any atom is 0.319 e. The molecule has 0 unspecified atom stereocenters. The summed E-state index contributed by atoms with van der Waals surface area (Å²) >= 11 is 0. The van der Waals surface area contributed by atoms with Crippen LogP contribution < -0.4 is 0 Å². The lowest BCUT2D eigenvalue weighted by Crippen LogP contribution is -2.43. The summed E-state index contributed by atoms with van der Waals surface area (Å²) in [6, 6.07) is 0. The Morgan fingerprint density at radius 3 is 2.31 bits per heavy atom. The molecule has 16 heavy (non-hydrogen) atoms. The molecule has 2 aliphatic rings. The standard InChI is InChI=1S/C13H23NO2/c1-16-12(15)11-14-9-7-13(8-10-14)5-3-2-4-6-13/h2-11H2,1H3. The van der Waals surface area contributed by atoms with E-state index in [0.29, 0.717) is 12.0 Å². The predicted octanol–water partition coefficient (Wildman–Crippen LogP) is 2.21. The third-order valence-corrected chi connectivity index (χ3v) is 4.41. The fraction of sp³-hybridized carbons (Fsp3) is 0.923. The normalized spacial score (nSPS) is 25.6. The van der Waals surface area contributed by atoms with E-state index in [1.807, 2.05) is 0 Å². The van der Waals surface area contributed by atoms with Crippen LogP contribution in [0.4, 0.5) is 0 Å². The highest BCUT2D eigenvalue weighted by atomic mass is 16.5. The van der Waals surface area contributed by atoms with Gasteiger partial charge in [-0.05, 0) is 44.2 Å². The second-order valence-electron chi connectivity index (χ2n) is 5.41. The summed E-state index contributed by atoms with van der Waals surface area (Å²) in [5.74, 6) is -0.0976. The van der Waals surface area contributed by atoms with E-state index in [1.165, 1.54) is 52.1 Å². The van der Waals surface area contributed by atoms with E-state index in [9.17, 15) is 4.79 Å². The Morgan fingerprint density at radius 1 is 1.12 bits per heavy atom. The lowest BCUT2D eigenvalue weighted by molar-refractivity contribution is -0.142. The molecule has 1 aliphatic carbocycles. The summed E-state index contributed by atoms with van der Waals surface area (Å²) in [5, 5.41) is 0. The molecule has 0 bridgehead atoms. The molecule has 3 heteroatoms. The van der Waals surface area contributed by atoms with Gasteiger partial charge in [0, 0.05) is 0 Å². The van der Waals surface area contributed by atoms with Gasteiger partial charge in [0.1, 0.15) is 0 Å². The molecule has 3 nitrogen and oxygen atoms in total. The fourth-order valence-electron chi connectivity index (χ4n) is 3.23. The average Bonchev–Trinajstić information content (AvgIpc) is 2.33. The second-order valence-corrected chi connectivity index (χ2v) is 5.41. The van der Waals surface area contributed by atoms with E-state index in [4.69, 9.17) is 4.74 Å². The number of ether oxygens (including phenoxy) is 1. The zero-order valence-electron chi connectivity index (χ0n) is 10.3. The van der Waals surface area contributed by atoms with Crippen LogP contribution in [0.2, 0.25) is 0 Å². The first kappa shape index (κ1) is 11.9. The zero-order chi connectivity index (χ0) is 11.4. The number of carbonyl (C=O) groups excluding carboxylic acids is 1. The van der Waals surface area contributed by atoms with Crippen molar-refractivity contribution in [1.29, 1.82) is 0 Å². The number of hydrogen-bond donors (Lipinski definition) is 0. The first-order chi connectivity index (χ1) is 7.74. The van der Waals surface area contributed by atoms with Gasteiger partial charge in [-0.1, -0.05) is 19.3 Å². The Labute approximate surface area is 98.1 Å². The molecule has 92 valence electrons. The van der Waals surface area contributed by atoms with Crippen LogP contribution in [0.3, 0.4) is 0 Å². The first-order valence-corrected chi connectivity index (χ1v) is 6.53.